The minimum Gasteiger partial charge on any atom is -0.348 e. The minimum atomic E-state index is 0.110. The fraction of sp³-hybridized carbons (Fsp3) is 0.227. The maximum atomic E-state index is 4.64. The van der Waals surface area contributed by atoms with Crippen molar-refractivity contribution >= 4 is 0 Å². The summed E-state index contributed by atoms with van der Waals surface area (Å²) in [4.78, 5) is 14.6. The molecule has 1 aromatic carbocycles. The van der Waals surface area contributed by atoms with E-state index >= 15 is 0 Å². The molecule has 28 heavy (non-hydrogen) atoms. The molecule has 0 saturated carbocycles. The highest BCUT2D eigenvalue weighted by molar-refractivity contribution is 5.62. The number of hydrogen-bond acceptors (Lipinski definition) is 4. The Morgan fingerprint density at radius 1 is 1.11 bits per heavy atom. The van der Waals surface area contributed by atoms with Crippen molar-refractivity contribution in [3.63, 3.8) is 0 Å². The Morgan fingerprint density at radius 3 is 2.75 bits per heavy atom. The van der Waals surface area contributed by atoms with Crippen molar-refractivity contribution in [3.05, 3.63) is 89.4 Å². The molecule has 6 nitrogen and oxygen atoms in total. The van der Waals surface area contributed by atoms with Crippen LogP contribution < -0.4 is 0 Å². The van der Waals surface area contributed by atoms with Gasteiger partial charge in [0, 0.05) is 43.2 Å². The largest absolute Gasteiger partial charge is 0.348 e. The summed E-state index contributed by atoms with van der Waals surface area (Å²) >= 11 is 0. The summed E-state index contributed by atoms with van der Waals surface area (Å²) in [5.41, 5.74) is 8.24. The number of H-pyrrole nitrogens is 2. The summed E-state index contributed by atoms with van der Waals surface area (Å²) in [5.74, 6) is 0. The summed E-state index contributed by atoms with van der Waals surface area (Å²) in [6.45, 7) is 3.87. The van der Waals surface area contributed by atoms with Gasteiger partial charge in [0.2, 0.25) is 0 Å². The van der Waals surface area contributed by atoms with Gasteiger partial charge < -0.3 is 4.98 Å². The Bertz CT molecular complexity index is 1060. The summed E-state index contributed by atoms with van der Waals surface area (Å²) in [6.07, 6.45) is 8.42. The van der Waals surface area contributed by atoms with E-state index in [4.69, 9.17) is 0 Å². The number of aromatic amines is 2. The molecular weight excluding hydrogens is 348 g/mol. The van der Waals surface area contributed by atoms with E-state index < -0.39 is 0 Å². The lowest BCUT2D eigenvalue weighted by Crippen LogP contribution is -2.35. The number of nitrogens with one attached hydrogen (secondary N) is 2. The zero-order valence-electron chi connectivity index (χ0n) is 15.8. The Labute approximate surface area is 163 Å². The number of pyridine rings is 1. The van der Waals surface area contributed by atoms with Crippen LogP contribution in [0.2, 0.25) is 0 Å². The molecule has 0 aliphatic carbocycles. The molecule has 4 heterocycles. The van der Waals surface area contributed by atoms with Gasteiger partial charge in [-0.25, -0.2) is 4.98 Å². The fourth-order valence-electron chi connectivity index (χ4n) is 4.03. The van der Waals surface area contributed by atoms with Crippen molar-refractivity contribution in [2.75, 3.05) is 6.54 Å². The molecule has 0 amide bonds. The smallest absolute Gasteiger partial charge is 0.0926 e. The van der Waals surface area contributed by atoms with Crippen LogP contribution in [-0.4, -0.2) is 36.6 Å². The molecule has 140 valence electrons. The molecule has 1 atom stereocenters. The van der Waals surface area contributed by atoms with Gasteiger partial charge in [0.05, 0.1) is 30.0 Å². The molecule has 1 aliphatic rings. The van der Waals surface area contributed by atoms with E-state index in [1.54, 1.807) is 6.33 Å². The maximum absolute atomic E-state index is 4.64. The van der Waals surface area contributed by atoms with Crippen LogP contribution in [0.5, 0.6) is 0 Å². The van der Waals surface area contributed by atoms with Gasteiger partial charge in [-0.3, -0.25) is 15.0 Å². The SMILES string of the molecule is Cc1ccc(-c2[nH]ncc2CN2CCc3[nH]cnc3[C@@H]2c2ccncc2)cc1. The lowest BCUT2D eigenvalue weighted by Gasteiger charge is -2.35. The fourth-order valence-corrected chi connectivity index (χ4v) is 4.03. The quantitative estimate of drug-likeness (QED) is 0.575. The van der Waals surface area contributed by atoms with Crippen molar-refractivity contribution in [2.45, 2.75) is 25.9 Å². The Hall–Kier alpha value is -3.25. The standard InChI is InChI=1S/C22H22N6/c1-15-2-4-16(5-3-15)20-18(12-26-27-20)13-28-11-8-19-21(25-14-24-19)22(28)17-6-9-23-10-7-17/h2-7,9-10,12,14,22H,8,11,13H2,1H3,(H,24,25)(H,26,27)/t22-/m0/s1. The zero-order valence-corrected chi connectivity index (χ0v) is 15.8. The Kier molecular flexibility index (Phi) is 4.25. The molecule has 1 aliphatic heterocycles. The van der Waals surface area contributed by atoms with Gasteiger partial charge in [-0.05, 0) is 30.2 Å². The number of imidazole rings is 1. The van der Waals surface area contributed by atoms with Gasteiger partial charge in [-0.15, -0.1) is 0 Å². The third-order valence-corrected chi connectivity index (χ3v) is 5.48. The molecule has 0 spiro atoms. The van der Waals surface area contributed by atoms with E-state index in [1.807, 2.05) is 18.6 Å². The first-order chi connectivity index (χ1) is 13.8. The molecule has 0 radical (unpaired) electrons. The average molecular weight is 370 g/mol. The molecule has 2 N–H and O–H groups in total. The highest BCUT2D eigenvalue weighted by Crippen LogP contribution is 2.35. The topological polar surface area (TPSA) is 73.5 Å². The molecular formula is C22H22N6. The number of fused-ring (bicyclic) bond motifs is 1. The van der Waals surface area contributed by atoms with Crippen LogP contribution in [-0.2, 0) is 13.0 Å². The van der Waals surface area contributed by atoms with Gasteiger partial charge in [-0.1, -0.05) is 29.8 Å². The molecule has 0 fully saturated rings. The molecule has 4 aromatic rings. The Morgan fingerprint density at radius 2 is 1.93 bits per heavy atom. The summed E-state index contributed by atoms with van der Waals surface area (Å²) < 4.78 is 0. The van der Waals surface area contributed by atoms with Crippen LogP contribution in [0.25, 0.3) is 11.3 Å². The maximum Gasteiger partial charge on any atom is 0.0926 e. The van der Waals surface area contributed by atoms with E-state index in [1.165, 1.54) is 22.4 Å². The van der Waals surface area contributed by atoms with Crippen molar-refractivity contribution < 1.29 is 0 Å². The monoisotopic (exact) mass is 370 g/mol. The van der Waals surface area contributed by atoms with Crippen LogP contribution in [0.15, 0.2) is 61.3 Å². The first kappa shape index (κ1) is 16.9. The second-order valence-corrected chi connectivity index (χ2v) is 7.31. The van der Waals surface area contributed by atoms with Crippen molar-refractivity contribution in [2.24, 2.45) is 0 Å². The van der Waals surface area contributed by atoms with Crippen molar-refractivity contribution in [1.29, 1.82) is 0 Å². The van der Waals surface area contributed by atoms with E-state index in [0.717, 1.165) is 36.5 Å². The van der Waals surface area contributed by atoms with Gasteiger partial charge in [-0.2, -0.15) is 5.10 Å². The Balaban J connectivity index is 1.50. The average Bonchev–Trinajstić information content (AvgIpc) is 3.38. The second-order valence-electron chi connectivity index (χ2n) is 7.31. The minimum absolute atomic E-state index is 0.110. The molecule has 5 rings (SSSR count). The van der Waals surface area contributed by atoms with Crippen LogP contribution in [0.3, 0.4) is 0 Å². The third-order valence-electron chi connectivity index (χ3n) is 5.48. The highest BCUT2D eigenvalue weighted by Gasteiger charge is 2.31. The molecule has 0 unspecified atom stereocenters. The van der Waals surface area contributed by atoms with Gasteiger partial charge >= 0.3 is 0 Å². The van der Waals surface area contributed by atoms with E-state index in [9.17, 15) is 0 Å². The number of nitrogens with zero attached hydrogens (tertiary/aromatic N) is 4. The van der Waals surface area contributed by atoms with E-state index in [-0.39, 0.29) is 6.04 Å². The number of benzene rings is 1. The molecule has 0 saturated heterocycles. The van der Waals surface area contributed by atoms with E-state index in [0.29, 0.717) is 0 Å². The number of rotatable bonds is 4. The molecule has 0 bridgehead atoms. The van der Waals surface area contributed by atoms with Crippen LogP contribution in [0, 0.1) is 6.92 Å². The second kappa shape index (κ2) is 7.05. The molecule has 6 heteroatoms. The van der Waals surface area contributed by atoms with Crippen LogP contribution in [0.1, 0.15) is 34.1 Å². The zero-order chi connectivity index (χ0) is 18.9. The predicted octanol–water partition coefficient (Wildman–Crippen LogP) is 3.65. The normalized spacial score (nSPS) is 16.8. The van der Waals surface area contributed by atoms with Crippen LogP contribution in [0.4, 0.5) is 0 Å². The van der Waals surface area contributed by atoms with Gasteiger partial charge in [0.25, 0.3) is 0 Å². The summed E-state index contributed by atoms with van der Waals surface area (Å²) in [6, 6.07) is 12.8. The number of hydrogen-bond donors (Lipinski definition) is 2. The van der Waals surface area contributed by atoms with Gasteiger partial charge in [0.15, 0.2) is 0 Å². The number of aryl methyl sites for hydroxylation is 1. The van der Waals surface area contributed by atoms with Gasteiger partial charge in [0.1, 0.15) is 0 Å². The first-order valence-electron chi connectivity index (χ1n) is 9.55. The first-order valence-corrected chi connectivity index (χ1v) is 9.55. The van der Waals surface area contributed by atoms with Crippen molar-refractivity contribution in [1.82, 2.24) is 30.0 Å². The number of aromatic nitrogens is 5. The lowest BCUT2D eigenvalue weighted by molar-refractivity contribution is 0.200. The third kappa shape index (κ3) is 3.01. The predicted molar refractivity (Wildman–Crippen MR) is 108 cm³/mol. The highest BCUT2D eigenvalue weighted by atomic mass is 15.2. The summed E-state index contributed by atoms with van der Waals surface area (Å²) in [5, 5.41) is 7.53. The summed E-state index contributed by atoms with van der Waals surface area (Å²) in [7, 11) is 0. The van der Waals surface area contributed by atoms with Crippen LogP contribution >= 0.6 is 0 Å². The van der Waals surface area contributed by atoms with Crippen molar-refractivity contribution in [3.8, 4) is 11.3 Å². The van der Waals surface area contributed by atoms with E-state index in [2.05, 4.69) is 73.4 Å². The lowest BCUT2D eigenvalue weighted by atomic mass is 9.95. The molecule has 3 aromatic heterocycles.